The van der Waals surface area contributed by atoms with Gasteiger partial charge in [-0.15, -0.1) is 0 Å². The van der Waals surface area contributed by atoms with Gasteiger partial charge in [0.1, 0.15) is 9.84 Å². The molecule has 92 valence electrons. The fraction of sp³-hybridized carbons (Fsp3) is 1.00. The predicted octanol–water partition coefficient (Wildman–Crippen LogP) is 0.0697. The van der Waals surface area contributed by atoms with Crippen LogP contribution in [0.25, 0.3) is 0 Å². The number of nitrogens with one attached hydrogen (secondary N) is 1. The second-order valence-electron chi connectivity index (χ2n) is 3.52. The van der Waals surface area contributed by atoms with Crippen molar-refractivity contribution in [1.82, 2.24) is 5.43 Å². The molecule has 0 fully saturated rings. The van der Waals surface area contributed by atoms with Crippen molar-refractivity contribution >= 4 is 9.84 Å². The van der Waals surface area contributed by atoms with Gasteiger partial charge in [0.15, 0.2) is 0 Å². The monoisotopic (exact) mass is 238 g/mol. The summed E-state index contributed by atoms with van der Waals surface area (Å²) in [5.41, 5.74) is 2.67. The minimum absolute atomic E-state index is 0.136. The molecule has 0 aliphatic heterocycles. The predicted molar refractivity (Wildman–Crippen MR) is 61.2 cm³/mol. The van der Waals surface area contributed by atoms with E-state index in [0.717, 1.165) is 12.8 Å². The van der Waals surface area contributed by atoms with E-state index >= 15 is 0 Å². The van der Waals surface area contributed by atoms with Gasteiger partial charge in [0.2, 0.25) is 0 Å². The molecule has 0 aliphatic rings. The first kappa shape index (κ1) is 14.8. The third kappa shape index (κ3) is 7.72. The topological polar surface area (TPSA) is 81.4 Å². The van der Waals surface area contributed by atoms with E-state index in [4.69, 9.17) is 10.6 Å². The Morgan fingerprint density at radius 2 is 2.07 bits per heavy atom. The Labute approximate surface area is 92.3 Å². The highest BCUT2D eigenvalue weighted by Gasteiger charge is 2.10. The van der Waals surface area contributed by atoms with Crippen LogP contribution in [0.15, 0.2) is 0 Å². The Hall–Kier alpha value is -0.170. The third-order valence-corrected chi connectivity index (χ3v) is 4.14. The van der Waals surface area contributed by atoms with Crippen LogP contribution in [0.3, 0.4) is 0 Å². The summed E-state index contributed by atoms with van der Waals surface area (Å²) >= 11 is 0. The van der Waals surface area contributed by atoms with Crippen LogP contribution in [0.2, 0.25) is 0 Å². The van der Waals surface area contributed by atoms with Crippen LogP contribution in [0.5, 0.6) is 0 Å². The highest BCUT2D eigenvalue weighted by atomic mass is 32.2. The van der Waals surface area contributed by atoms with E-state index in [0.29, 0.717) is 13.0 Å². The summed E-state index contributed by atoms with van der Waals surface area (Å²) in [6.07, 6.45) is 2.22. The van der Waals surface area contributed by atoms with Crippen molar-refractivity contribution in [1.29, 1.82) is 0 Å². The molecule has 0 heterocycles. The normalized spacial score (nSPS) is 14.1. The zero-order valence-corrected chi connectivity index (χ0v) is 10.3. The second kappa shape index (κ2) is 8.04. The van der Waals surface area contributed by atoms with Crippen LogP contribution in [0.1, 0.15) is 26.2 Å². The van der Waals surface area contributed by atoms with E-state index in [2.05, 4.69) is 5.43 Å². The minimum Gasteiger partial charge on any atom is -0.385 e. The first-order valence-electron chi connectivity index (χ1n) is 5.21. The second-order valence-corrected chi connectivity index (χ2v) is 6.00. The molecule has 0 saturated carbocycles. The molecular weight excluding hydrogens is 216 g/mol. The Bertz CT molecular complexity index is 242. The molecule has 3 N–H and O–H groups in total. The summed E-state index contributed by atoms with van der Waals surface area (Å²) in [6, 6.07) is 0.136. The number of rotatable bonds is 9. The van der Waals surface area contributed by atoms with Crippen molar-refractivity contribution in [3.05, 3.63) is 0 Å². The number of hydrogen-bond acceptors (Lipinski definition) is 5. The van der Waals surface area contributed by atoms with E-state index in [-0.39, 0.29) is 17.5 Å². The number of sulfone groups is 1. The molecule has 0 spiro atoms. The van der Waals surface area contributed by atoms with Gasteiger partial charge in [0.25, 0.3) is 0 Å². The molecule has 0 rings (SSSR count). The van der Waals surface area contributed by atoms with Crippen LogP contribution in [-0.2, 0) is 14.6 Å². The van der Waals surface area contributed by atoms with E-state index in [1.807, 2.05) is 0 Å². The van der Waals surface area contributed by atoms with Gasteiger partial charge < -0.3 is 4.74 Å². The standard InChI is InChI=1S/C9H22N2O3S/c1-3-15(12,13)8-4-5-9(11-10)6-7-14-2/h9,11H,3-8,10H2,1-2H3. The third-order valence-electron chi connectivity index (χ3n) is 2.35. The molecule has 0 aromatic rings. The van der Waals surface area contributed by atoms with E-state index in [1.165, 1.54) is 0 Å². The average molecular weight is 238 g/mol. The average Bonchev–Trinajstić information content (AvgIpc) is 2.23. The van der Waals surface area contributed by atoms with Gasteiger partial charge in [0.05, 0.1) is 5.75 Å². The van der Waals surface area contributed by atoms with Gasteiger partial charge in [-0.3, -0.25) is 11.3 Å². The number of nitrogens with two attached hydrogens (primary N) is 1. The summed E-state index contributed by atoms with van der Waals surface area (Å²) in [5, 5.41) is 0. The van der Waals surface area contributed by atoms with Crippen molar-refractivity contribution in [3.63, 3.8) is 0 Å². The molecule has 6 heteroatoms. The quantitative estimate of drug-likeness (QED) is 0.439. The summed E-state index contributed by atoms with van der Waals surface area (Å²) in [6.45, 7) is 2.30. The number of hydrazine groups is 1. The molecule has 1 atom stereocenters. The smallest absolute Gasteiger partial charge is 0.150 e. The molecule has 0 bridgehead atoms. The highest BCUT2D eigenvalue weighted by Crippen LogP contribution is 2.04. The van der Waals surface area contributed by atoms with Crippen molar-refractivity contribution in [3.8, 4) is 0 Å². The van der Waals surface area contributed by atoms with Crippen LogP contribution in [0, 0.1) is 0 Å². The Morgan fingerprint density at radius 3 is 2.53 bits per heavy atom. The first-order chi connectivity index (χ1) is 7.05. The van der Waals surface area contributed by atoms with Crippen molar-refractivity contribution in [2.75, 3.05) is 25.2 Å². The Morgan fingerprint density at radius 1 is 1.40 bits per heavy atom. The fourth-order valence-electron chi connectivity index (χ4n) is 1.27. The van der Waals surface area contributed by atoms with Crippen LogP contribution in [-0.4, -0.2) is 39.7 Å². The zero-order chi connectivity index (χ0) is 11.7. The van der Waals surface area contributed by atoms with Gasteiger partial charge in [-0.05, 0) is 19.3 Å². The lowest BCUT2D eigenvalue weighted by atomic mass is 10.1. The van der Waals surface area contributed by atoms with Crippen LogP contribution in [0.4, 0.5) is 0 Å². The molecule has 5 nitrogen and oxygen atoms in total. The van der Waals surface area contributed by atoms with E-state index < -0.39 is 9.84 Å². The molecule has 0 amide bonds. The SMILES string of the molecule is CCS(=O)(=O)CCCC(CCOC)NN. The van der Waals surface area contributed by atoms with Gasteiger partial charge in [-0.1, -0.05) is 6.92 Å². The molecule has 1 unspecified atom stereocenters. The first-order valence-corrected chi connectivity index (χ1v) is 7.03. The van der Waals surface area contributed by atoms with Crippen molar-refractivity contribution in [2.24, 2.45) is 5.84 Å². The molecule has 0 aromatic heterocycles. The maximum Gasteiger partial charge on any atom is 0.150 e. The fourth-order valence-corrected chi connectivity index (χ4v) is 2.16. The van der Waals surface area contributed by atoms with E-state index in [1.54, 1.807) is 14.0 Å². The zero-order valence-electron chi connectivity index (χ0n) is 9.53. The summed E-state index contributed by atoms with van der Waals surface area (Å²) in [7, 11) is -1.21. The number of methoxy groups -OCH3 is 1. The summed E-state index contributed by atoms with van der Waals surface area (Å²) < 4.78 is 27.3. The lowest BCUT2D eigenvalue weighted by Gasteiger charge is -2.14. The molecular formula is C9H22N2O3S. The van der Waals surface area contributed by atoms with E-state index in [9.17, 15) is 8.42 Å². The highest BCUT2D eigenvalue weighted by molar-refractivity contribution is 7.91. The summed E-state index contributed by atoms with van der Waals surface area (Å²) in [5.74, 6) is 5.80. The van der Waals surface area contributed by atoms with Crippen LogP contribution < -0.4 is 11.3 Å². The molecule has 0 aliphatic carbocycles. The van der Waals surface area contributed by atoms with Gasteiger partial charge in [0, 0.05) is 25.5 Å². The lowest BCUT2D eigenvalue weighted by molar-refractivity contribution is 0.181. The largest absolute Gasteiger partial charge is 0.385 e. The molecule has 15 heavy (non-hydrogen) atoms. The van der Waals surface area contributed by atoms with Crippen molar-refractivity contribution < 1.29 is 13.2 Å². The summed E-state index contributed by atoms with van der Waals surface area (Å²) in [4.78, 5) is 0. The minimum atomic E-state index is -2.84. The van der Waals surface area contributed by atoms with Crippen molar-refractivity contribution in [2.45, 2.75) is 32.2 Å². The lowest BCUT2D eigenvalue weighted by Crippen LogP contribution is -2.36. The Balaban J connectivity index is 3.72. The maximum atomic E-state index is 11.2. The van der Waals surface area contributed by atoms with Crippen LogP contribution >= 0.6 is 0 Å². The molecule has 0 radical (unpaired) electrons. The van der Waals surface area contributed by atoms with Gasteiger partial charge >= 0.3 is 0 Å². The number of hydrogen-bond donors (Lipinski definition) is 2. The Kier molecular flexibility index (Phi) is 7.95. The molecule has 0 saturated heterocycles. The molecule has 0 aromatic carbocycles. The van der Waals surface area contributed by atoms with Gasteiger partial charge in [-0.2, -0.15) is 0 Å². The number of ether oxygens (including phenoxy) is 1. The maximum absolute atomic E-state index is 11.2. The van der Waals surface area contributed by atoms with Gasteiger partial charge in [-0.25, -0.2) is 8.42 Å².